The number of nitro benzene ring substituents is 1. The number of non-ortho nitro benzene ring substituents is 1. The maximum Gasteiger partial charge on any atom is 0.271 e. The minimum absolute atomic E-state index is 0.0850. The summed E-state index contributed by atoms with van der Waals surface area (Å²) >= 11 is 0. The molecule has 8 nitrogen and oxygen atoms in total. The molecule has 1 heterocycles. The third-order valence-electron chi connectivity index (χ3n) is 3.53. The van der Waals surface area contributed by atoms with Crippen LogP contribution in [-0.4, -0.2) is 55.6 Å². The lowest BCUT2D eigenvalue weighted by Gasteiger charge is -2.26. The number of amides is 1. The number of nitrogens with one attached hydrogen (secondary N) is 2. The number of carbonyl (C=O) groups is 1. The predicted octanol–water partition coefficient (Wildman–Crippen LogP) is 0.837. The van der Waals surface area contributed by atoms with Crippen LogP contribution in [0.2, 0.25) is 0 Å². The Morgan fingerprint density at radius 3 is 2.82 bits per heavy atom. The molecule has 120 valence electrons. The minimum atomic E-state index is -0.504. The summed E-state index contributed by atoms with van der Waals surface area (Å²) in [5.74, 6) is 0.221. The van der Waals surface area contributed by atoms with Crippen molar-refractivity contribution < 1.29 is 14.5 Å². The van der Waals surface area contributed by atoms with Gasteiger partial charge in [0.2, 0.25) is 5.91 Å². The second-order valence-electron chi connectivity index (χ2n) is 5.03. The number of nitrogens with zero attached hydrogens (tertiary/aromatic N) is 2. The van der Waals surface area contributed by atoms with Crippen molar-refractivity contribution in [2.45, 2.75) is 6.42 Å². The van der Waals surface area contributed by atoms with Crippen LogP contribution in [0, 0.1) is 10.1 Å². The van der Waals surface area contributed by atoms with Crippen LogP contribution in [0.15, 0.2) is 18.2 Å². The van der Waals surface area contributed by atoms with E-state index in [4.69, 9.17) is 4.74 Å². The first-order valence-electron chi connectivity index (χ1n) is 7.15. The molecule has 1 aliphatic heterocycles. The second kappa shape index (κ2) is 7.71. The maximum absolute atomic E-state index is 12.0. The number of ether oxygens (including phenoxy) is 1. The molecule has 1 aliphatic rings. The van der Waals surface area contributed by atoms with Crippen LogP contribution in [0.1, 0.15) is 6.42 Å². The summed E-state index contributed by atoms with van der Waals surface area (Å²) in [5.41, 5.74) is 0.236. The number of rotatable bonds is 6. The van der Waals surface area contributed by atoms with Crippen LogP contribution >= 0.6 is 0 Å². The van der Waals surface area contributed by atoms with Crippen molar-refractivity contribution in [2.75, 3.05) is 45.2 Å². The van der Waals surface area contributed by atoms with Gasteiger partial charge < -0.3 is 20.3 Å². The molecular weight excluding hydrogens is 288 g/mol. The summed E-state index contributed by atoms with van der Waals surface area (Å²) < 4.78 is 5.12. The Hall–Kier alpha value is -2.19. The molecule has 0 unspecified atom stereocenters. The van der Waals surface area contributed by atoms with Gasteiger partial charge in [-0.05, 0) is 6.07 Å². The van der Waals surface area contributed by atoms with E-state index in [1.807, 2.05) is 0 Å². The third kappa shape index (κ3) is 4.40. The van der Waals surface area contributed by atoms with Crippen molar-refractivity contribution in [1.29, 1.82) is 0 Å². The molecule has 0 bridgehead atoms. The quantitative estimate of drug-likeness (QED) is 0.597. The molecule has 1 amide bonds. The normalized spacial score (nSPS) is 15.3. The summed E-state index contributed by atoms with van der Waals surface area (Å²) in [6.07, 6.45) is 0.339. The van der Waals surface area contributed by atoms with Gasteiger partial charge in [-0.25, -0.2) is 0 Å². The van der Waals surface area contributed by atoms with Gasteiger partial charge in [0, 0.05) is 51.3 Å². The second-order valence-corrected chi connectivity index (χ2v) is 5.03. The van der Waals surface area contributed by atoms with E-state index < -0.39 is 4.92 Å². The topological polar surface area (TPSA) is 96.7 Å². The van der Waals surface area contributed by atoms with Crippen molar-refractivity contribution in [1.82, 2.24) is 10.2 Å². The van der Waals surface area contributed by atoms with Gasteiger partial charge >= 0.3 is 0 Å². The highest BCUT2D eigenvalue weighted by molar-refractivity contribution is 5.92. The van der Waals surface area contributed by atoms with E-state index in [9.17, 15) is 14.9 Å². The first-order chi connectivity index (χ1) is 10.6. The maximum atomic E-state index is 12.0. The van der Waals surface area contributed by atoms with Gasteiger partial charge in [0.05, 0.1) is 17.7 Å². The molecule has 0 spiro atoms. The highest BCUT2D eigenvalue weighted by atomic mass is 16.6. The van der Waals surface area contributed by atoms with Crippen LogP contribution in [-0.2, 0) is 4.79 Å². The zero-order valence-electron chi connectivity index (χ0n) is 12.5. The van der Waals surface area contributed by atoms with E-state index in [-0.39, 0.29) is 11.6 Å². The van der Waals surface area contributed by atoms with Gasteiger partial charge in [0.1, 0.15) is 5.75 Å². The number of hydrogen-bond acceptors (Lipinski definition) is 6. The Balaban J connectivity index is 1.94. The van der Waals surface area contributed by atoms with Crippen LogP contribution in [0.25, 0.3) is 0 Å². The Kier molecular flexibility index (Phi) is 5.68. The van der Waals surface area contributed by atoms with Crippen molar-refractivity contribution in [2.24, 2.45) is 0 Å². The summed E-state index contributed by atoms with van der Waals surface area (Å²) in [7, 11) is 1.46. The van der Waals surface area contributed by atoms with Gasteiger partial charge in [-0.2, -0.15) is 0 Å². The third-order valence-corrected chi connectivity index (χ3v) is 3.53. The molecule has 2 N–H and O–H groups in total. The Morgan fingerprint density at radius 1 is 1.45 bits per heavy atom. The highest BCUT2D eigenvalue weighted by Crippen LogP contribution is 2.28. The van der Waals surface area contributed by atoms with Crippen molar-refractivity contribution >= 4 is 17.3 Å². The highest BCUT2D eigenvalue weighted by Gasteiger charge is 2.15. The molecule has 8 heteroatoms. The van der Waals surface area contributed by atoms with Gasteiger partial charge in [-0.1, -0.05) is 0 Å². The standard InChI is InChI=1S/C14H20N4O4/c1-22-13-3-2-11(18(20)21)10-12(13)16-14(19)4-7-17-8-5-15-6-9-17/h2-3,10,15H,4-9H2,1H3,(H,16,19). The van der Waals surface area contributed by atoms with Gasteiger partial charge in [-0.3, -0.25) is 14.9 Å². The van der Waals surface area contributed by atoms with Gasteiger partial charge in [0.15, 0.2) is 0 Å². The lowest BCUT2D eigenvalue weighted by atomic mass is 10.2. The number of benzene rings is 1. The van der Waals surface area contributed by atoms with Crippen LogP contribution < -0.4 is 15.4 Å². The Labute approximate surface area is 128 Å². The Bertz CT molecular complexity index is 544. The van der Waals surface area contributed by atoms with E-state index in [2.05, 4.69) is 15.5 Å². The molecule has 0 aliphatic carbocycles. The monoisotopic (exact) mass is 308 g/mol. The number of nitro groups is 1. The lowest BCUT2D eigenvalue weighted by Crippen LogP contribution is -2.44. The fourth-order valence-corrected chi connectivity index (χ4v) is 2.31. The van der Waals surface area contributed by atoms with Gasteiger partial charge in [-0.15, -0.1) is 0 Å². The zero-order valence-corrected chi connectivity index (χ0v) is 12.5. The number of anilines is 1. The van der Waals surface area contributed by atoms with Gasteiger partial charge in [0.25, 0.3) is 5.69 Å². The van der Waals surface area contributed by atoms with Crippen LogP contribution in [0.3, 0.4) is 0 Å². The first-order valence-corrected chi connectivity index (χ1v) is 7.15. The molecule has 1 aromatic carbocycles. The molecular formula is C14H20N4O4. The Morgan fingerprint density at radius 2 is 2.18 bits per heavy atom. The smallest absolute Gasteiger partial charge is 0.271 e. The lowest BCUT2D eigenvalue weighted by molar-refractivity contribution is -0.384. The molecule has 0 radical (unpaired) electrons. The first kappa shape index (κ1) is 16.2. The van der Waals surface area contributed by atoms with E-state index in [1.54, 1.807) is 0 Å². The molecule has 0 atom stereocenters. The average molecular weight is 308 g/mol. The molecule has 0 saturated carbocycles. The van der Waals surface area contributed by atoms with Crippen molar-refractivity contribution in [3.8, 4) is 5.75 Å². The summed E-state index contributed by atoms with van der Waals surface area (Å²) in [6.45, 7) is 4.38. The SMILES string of the molecule is COc1ccc([N+](=O)[O-])cc1NC(=O)CCN1CCNCC1. The molecule has 1 fully saturated rings. The molecule has 1 saturated heterocycles. The minimum Gasteiger partial charge on any atom is -0.495 e. The number of hydrogen-bond donors (Lipinski definition) is 2. The largest absolute Gasteiger partial charge is 0.495 e. The van der Waals surface area contributed by atoms with E-state index in [1.165, 1.54) is 25.3 Å². The van der Waals surface area contributed by atoms with Crippen LogP contribution in [0.5, 0.6) is 5.75 Å². The van der Waals surface area contributed by atoms with E-state index in [0.29, 0.717) is 24.4 Å². The van der Waals surface area contributed by atoms with Crippen molar-refractivity contribution in [3.63, 3.8) is 0 Å². The van der Waals surface area contributed by atoms with Crippen LogP contribution in [0.4, 0.5) is 11.4 Å². The van der Waals surface area contributed by atoms with E-state index >= 15 is 0 Å². The summed E-state index contributed by atoms with van der Waals surface area (Å²) in [5, 5.41) is 16.7. The fraction of sp³-hybridized carbons (Fsp3) is 0.500. The summed E-state index contributed by atoms with van der Waals surface area (Å²) in [4.78, 5) is 24.5. The molecule has 0 aromatic heterocycles. The van der Waals surface area contributed by atoms with Crippen molar-refractivity contribution in [3.05, 3.63) is 28.3 Å². The molecule has 2 rings (SSSR count). The zero-order chi connectivity index (χ0) is 15.9. The summed E-state index contributed by atoms with van der Waals surface area (Å²) in [6, 6.07) is 4.13. The molecule has 22 heavy (non-hydrogen) atoms. The predicted molar refractivity (Wildman–Crippen MR) is 82.2 cm³/mol. The molecule has 1 aromatic rings. The van der Waals surface area contributed by atoms with E-state index in [0.717, 1.165) is 26.2 Å². The average Bonchev–Trinajstić information content (AvgIpc) is 2.53. The number of piperazine rings is 1. The number of carbonyl (C=O) groups excluding carboxylic acids is 1. The number of methoxy groups -OCH3 is 1. The fourth-order valence-electron chi connectivity index (χ4n) is 2.31.